The fourth-order valence-electron chi connectivity index (χ4n) is 4.72. The number of fused-ring (bicyclic) bond motifs is 1. The van der Waals surface area contributed by atoms with Crippen molar-refractivity contribution in [1.82, 2.24) is 39.7 Å². The zero-order valence-corrected chi connectivity index (χ0v) is 32.1. The molecular formula is C33H48BrN9OSSi. The molecule has 0 atom stereocenters. The Morgan fingerprint density at radius 3 is 2.28 bits per heavy atom. The molecular weight excluding hydrogens is 678 g/mol. The molecule has 5 aromatic heterocycles. The lowest BCUT2D eigenvalue weighted by Crippen LogP contribution is -2.26. The van der Waals surface area contributed by atoms with Crippen molar-refractivity contribution in [3.63, 3.8) is 0 Å². The van der Waals surface area contributed by atoms with Crippen LogP contribution in [0, 0.1) is 0 Å². The molecule has 13 heteroatoms. The first-order chi connectivity index (χ1) is 21.9. The zero-order valence-electron chi connectivity index (χ0n) is 28.7. The van der Waals surface area contributed by atoms with E-state index < -0.39 is 8.07 Å². The summed E-state index contributed by atoms with van der Waals surface area (Å²) in [6.45, 7) is 16.8. The van der Waals surface area contributed by atoms with Gasteiger partial charge in [0, 0.05) is 64.4 Å². The SMILES string of the molecule is CCCc1nn(C)cc1-c1cnc2ccc(N(COCC[Si](C)(C)C)c3nnc(C(C)C)s3)nc2c1.CCCc1nn(C)cc1Br. The van der Waals surface area contributed by atoms with Gasteiger partial charge in [0.15, 0.2) is 0 Å². The summed E-state index contributed by atoms with van der Waals surface area (Å²) in [4.78, 5) is 11.7. The summed E-state index contributed by atoms with van der Waals surface area (Å²) in [7, 11) is 2.71. The molecule has 0 fully saturated rings. The van der Waals surface area contributed by atoms with E-state index in [9.17, 15) is 0 Å². The lowest BCUT2D eigenvalue weighted by Gasteiger charge is -2.22. The summed E-state index contributed by atoms with van der Waals surface area (Å²) >= 11 is 5.02. The molecule has 5 aromatic rings. The van der Waals surface area contributed by atoms with E-state index in [-0.39, 0.29) is 0 Å². The summed E-state index contributed by atoms with van der Waals surface area (Å²) in [5.41, 5.74) is 6.06. The molecule has 0 aromatic carbocycles. The minimum Gasteiger partial charge on any atom is -0.361 e. The number of halogens is 1. The second-order valence-corrected chi connectivity index (χ2v) is 20.5. The Bertz CT molecular complexity index is 1710. The molecule has 0 radical (unpaired) electrons. The second-order valence-electron chi connectivity index (χ2n) is 13.0. The molecule has 46 heavy (non-hydrogen) atoms. The molecule has 0 spiro atoms. The summed E-state index contributed by atoms with van der Waals surface area (Å²) in [5.74, 6) is 1.10. The van der Waals surface area contributed by atoms with E-state index in [0.29, 0.717) is 12.6 Å². The van der Waals surface area contributed by atoms with Crippen LogP contribution in [0.5, 0.6) is 0 Å². The highest BCUT2D eigenvalue weighted by molar-refractivity contribution is 9.10. The maximum absolute atomic E-state index is 6.13. The van der Waals surface area contributed by atoms with Gasteiger partial charge in [-0.2, -0.15) is 10.2 Å². The van der Waals surface area contributed by atoms with Crippen LogP contribution in [0.15, 0.2) is 41.3 Å². The van der Waals surface area contributed by atoms with Crippen LogP contribution in [0.2, 0.25) is 25.7 Å². The van der Waals surface area contributed by atoms with Crippen LogP contribution in [0.25, 0.3) is 22.2 Å². The van der Waals surface area contributed by atoms with Gasteiger partial charge in [-0.1, -0.05) is 71.5 Å². The van der Waals surface area contributed by atoms with Crippen molar-refractivity contribution >= 4 is 57.3 Å². The van der Waals surface area contributed by atoms with E-state index in [0.717, 1.165) is 92.3 Å². The monoisotopic (exact) mass is 725 g/mol. The first kappa shape index (κ1) is 35.8. The van der Waals surface area contributed by atoms with Crippen LogP contribution in [0.4, 0.5) is 10.9 Å². The van der Waals surface area contributed by atoms with Gasteiger partial charge >= 0.3 is 0 Å². The van der Waals surface area contributed by atoms with Crippen LogP contribution in [-0.4, -0.2) is 61.1 Å². The summed E-state index contributed by atoms with van der Waals surface area (Å²) in [6, 6.07) is 7.21. The Balaban J connectivity index is 0.000000409. The van der Waals surface area contributed by atoms with Crippen molar-refractivity contribution in [2.75, 3.05) is 18.2 Å². The first-order valence-corrected chi connectivity index (χ1v) is 21.4. The number of pyridine rings is 2. The molecule has 0 unspecified atom stereocenters. The molecule has 5 rings (SSSR count). The number of aryl methyl sites for hydroxylation is 4. The Morgan fingerprint density at radius 2 is 1.65 bits per heavy atom. The first-order valence-electron chi connectivity index (χ1n) is 16.0. The zero-order chi connectivity index (χ0) is 33.4. The van der Waals surface area contributed by atoms with Crippen molar-refractivity contribution in [2.45, 2.75) is 85.0 Å². The van der Waals surface area contributed by atoms with Gasteiger partial charge in [0.1, 0.15) is 17.6 Å². The van der Waals surface area contributed by atoms with E-state index in [1.165, 1.54) is 0 Å². The van der Waals surface area contributed by atoms with Gasteiger partial charge in [0.2, 0.25) is 5.13 Å². The third-order valence-electron chi connectivity index (χ3n) is 7.21. The van der Waals surface area contributed by atoms with Crippen LogP contribution in [-0.2, 0) is 31.7 Å². The highest BCUT2D eigenvalue weighted by Gasteiger charge is 2.20. The minimum absolute atomic E-state index is 0.319. The lowest BCUT2D eigenvalue weighted by molar-refractivity contribution is 0.153. The summed E-state index contributed by atoms with van der Waals surface area (Å²) in [6.07, 6.45) is 10.1. The maximum Gasteiger partial charge on any atom is 0.215 e. The largest absolute Gasteiger partial charge is 0.361 e. The fourth-order valence-corrected chi connectivity index (χ4v) is 6.90. The van der Waals surface area contributed by atoms with Gasteiger partial charge in [-0.3, -0.25) is 19.2 Å². The van der Waals surface area contributed by atoms with Gasteiger partial charge in [0.25, 0.3) is 0 Å². The highest BCUT2D eigenvalue weighted by atomic mass is 79.9. The Morgan fingerprint density at radius 1 is 0.957 bits per heavy atom. The molecule has 0 bridgehead atoms. The Hall–Kier alpha value is -3.00. The van der Waals surface area contributed by atoms with Gasteiger partial charge < -0.3 is 4.74 Å². The van der Waals surface area contributed by atoms with Crippen LogP contribution in [0.3, 0.4) is 0 Å². The minimum atomic E-state index is -1.18. The molecule has 248 valence electrons. The smallest absolute Gasteiger partial charge is 0.215 e. The third-order valence-corrected chi connectivity index (χ3v) is 10.8. The van der Waals surface area contributed by atoms with Crippen molar-refractivity contribution in [3.8, 4) is 11.1 Å². The maximum atomic E-state index is 6.13. The van der Waals surface area contributed by atoms with Gasteiger partial charge in [0.05, 0.1) is 26.9 Å². The number of nitrogens with zero attached hydrogens (tertiary/aromatic N) is 9. The van der Waals surface area contributed by atoms with Crippen molar-refractivity contribution in [3.05, 3.63) is 57.7 Å². The quantitative estimate of drug-likeness (QED) is 0.0677. The van der Waals surface area contributed by atoms with Gasteiger partial charge in [-0.25, -0.2) is 4.98 Å². The van der Waals surface area contributed by atoms with Gasteiger partial charge in [-0.15, -0.1) is 10.2 Å². The van der Waals surface area contributed by atoms with Crippen LogP contribution in [0.1, 0.15) is 62.8 Å². The second kappa shape index (κ2) is 16.2. The highest BCUT2D eigenvalue weighted by Crippen LogP contribution is 2.32. The number of hydrogen-bond acceptors (Lipinski definition) is 9. The normalized spacial score (nSPS) is 11.7. The lowest BCUT2D eigenvalue weighted by atomic mass is 10.1. The average Bonchev–Trinajstić information content (AvgIpc) is 3.71. The van der Waals surface area contributed by atoms with Crippen molar-refractivity contribution in [1.29, 1.82) is 0 Å². The molecule has 0 aliphatic rings. The van der Waals surface area contributed by atoms with E-state index in [1.807, 2.05) is 52.9 Å². The topological polar surface area (TPSA) is 99.7 Å². The van der Waals surface area contributed by atoms with Crippen LogP contribution < -0.4 is 4.90 Å². The number of aromatic nitrogens is 8. The van der Waals surface area contributed by atoms with Crippen LogP contribution >= 0.6 is 27.3 Å². The van der Waals surface area contributed by atoms with E-state index in [1.54, 1.807) is 11.3 Å². The van der Waals surface area contributed by atoms with Crippen molar-refractivity contribution in [2.24, 2.45) is 14.1 Å². The number of anilines is 2. The van der Waals surface area contributed by atoms with E-state index in [2.05, 4.69) is 95.9 Å². The number of rotatable bonds is 13. The number of hydrogen-bond donors (Lipinski definition) is 0. The molecule has 10 nitrogen and oxygen atoms in total. The summed E-state index contributed by atoms with van der Waals surface area (Å²) in [5, 5.41) is 19.6. The van der Waals surface area contributed by atoms with Crippen molar-refractivity contribution < 1.29 is 4.74 Å². The molecule has 0 amide bonds. The molecule has 0 saturated carbocycles. The number of ether oxygens (including phenoxy) is 1. The predicted octanol–water partition coefficient (Wildman–Crippen LogP) is 8.54. The molecule has 5 heterocycles. The van der Waals surface area contributed by atoms with Gasteiger partial charge in [-0.05, 0) is 53.0 Å². The molecule has 0 N–H and O–H groups in total. The van der Waals surface area contributed by atoms with E-state index >= 15 is 0 Å². The fraction of sp³-hybridized carbons (Fsp3) is 0.515. The predicted molar refractivity (Wildman–Crippen MR) is 196 cm³/mol. The molecule has 0 saturated heterocycles. The van der Waals surface area contributed by atoms with E-state index in [4.69, 9.17) is 14.7 Å². The standard InChI is InChI=1S/C26H37N7OSSi.C7H11BrN2/c1-8-9-21-20(16-32(4)31-21)19-14-23-22(27-15-19)10-11-24(28-23)33(17-34-12-13-36(5,6)7)26-30-29-25(35-26)18(2)3;1-3-4-7-6(8)5-10(2)9-7/h10-11,14-16,18H,8-9,12-13,17H2,1-7H3;5H,3-4H2,1-2H3. The Labute approximate surface area is 286 Å². The molecule has 0 aliphatic heterocycles. The summed E-state index contributed by atoms with van der Waals surface area (Å²) < 4.78 is 11.0. The Kier molecular flexibility index (Phi) is 12.6. The average molecular weight is 727 g/mol. The third kappa shape index (κ3) is 9.75. The molecule has 0 aliphatic carbocycles.